The number of nitrogens with zero attached hydrogens (tertiary/aromatic N) is 1. The minimum Gasteiger partial charge on any atom is -0.389 e. The van der Waals surface area contributed by atoms with Gasteiger partial charge in [-0.15, -0.1) is 11.3 Å². The quantitative estimate of drug-likeness (QED) is 0.513. The fourth-order valence-corrected chi connectivity index (χ4v) is 2.26. The molecule has 0 bridgehead atoms. The number of hydrogen-bond donors (Lipinski definition) is 1. The van der Waals surface area contributed by atoms with Crippen LogP contribution in [-0.2, 0) is 11.4 Å². The van der Waals surface area contributed by atoms with E-state index < -0.39 is 0 Å². The summed E-state index contributed by atoms with van der Waals surface area (Å²) in [6.45, 7) is 4.79. The summed E-state index contributed by atoms with van der Waals surface area (Å²) in [6.07, 6.45) is 0. The Morgan fingerprint density at radius 2 is 2.00 bits per heavy atom. The summed E-state index contributed by atoms with van der Waals surface area (Å²) in [4.78, 5) is 6.20. The second-order valence-corrected chi connectivity index (χ2v) is 5.57. The lowest BCUT2D eigenvalue weighted by Gasteiger charge is -2.06. The second-order valence-electron chi connectivity index (χ2n) is 4.62. The van der Waals surface area contributed by atoms with Crippen LogP contribution in [0.15, 0.2) is 46.9 Å². The summed E-state index contributed by atoms with van der Waals surface area (Å²) in [5, 5.41) is 5.88. The van der Waals surface area contributed by atoms with Gasteiger partial charge in [-0.3, -0.25) is 0 Å². The minimum absolute atomic E-state index is 0.425. The third kappa shape index (κ3) is 3.83. The molecule has 0 saturated heterocycles. The van der Waals surface area contributed by atoms with Crippen LogP contribution < -0.4 is 5.73 Å². The van der Waals surface area contributed by atoms with Crippen molar-refractivity contribution in [2.75, 3.05) is 0 Å². The highest BCUT2D eigenvalue weighted by Crippen LogP contribution is 2.15. The van der Waals surface area contributed by atoms with Gasteiger partial charge in [-0.1, -0.05) is 49.3 Å². The Hall–Kier alpha value is -1.81. The molecule has 2 N–H and O–H groups in total. The molecule has 0 aliphatic heterocycles. The Labute approximate surface area is 117 Å². The first-order chi connectivity index (χ1) is 9.16. The highest BCUT2D eigenvalue weighted by molar-refractivity contribution is 7.12. The Morgan fingerprint density at radius 1 is 1.26 bits per heavy atom. The van der Waals surface area contributed by atoms with E-state index in [1.807, 2.05) is 17.5 Å². The largest absolute Gasteiger partial charge is 0.389 e. The molecule has 0 aliphatic rings. The molecule has 2 aromatic rings. The van der Waals surface area contributed by atoms with E-state index in [4.69, 9.17) is 10.6 Å². The smallest absolute Gasteiger partial charge is 0.180 e. The molecule has 0 aliphatic carbocycles. The topological polar surface area (TPSA) is 47.6 Å². The van der Waals surface area contributed by atoms with E-state index in [2.05, 4.69) is 43.3 Å². The van der Waals surface area contributed by atoms with Crippen molar-refractivity contribution in [3.63, 3.8) is 0 Å². The summed E-state index contributed by atoms with van der Waals surface area (Å²) in [6, 6.07) is 12.2. The van der Waals surface area contributed by atoms with E-state index in [0.717, 1.165) is 10.4 Å². The third-order valence-electron chi connectivity index (χ3n) is 2.81. The van der Waals surface area contributed by atoms with Crippen molar-refractivity contribution in [1.82, 2.24) is 0 Å². The predicted octanol–water partition coefficient (Wildman–Crippen LogP) is 3.71. The first-order valence-corrected chi connectivity index (χ1v) is 7.13. The molecule has 1 aromatic heterocycles. The van der Waals surface area contributed by atoms with Gasteiger partial charge in [0.1, 0.15) is 6.61 Å². The molecule has 19 heavy (non-hydrogen) atoms. The Kier molecular flexibility index (Phi) is 4.58. The molecular weight excluding hydrogens is 256 g/mol. The zero-order chi connectivity index (χ0) is 13.7. The Balaban J connectivity index is 1.90. The van der Waals surface area contributed by atoms with Gasteiger partial charge < -0.3 is 10.6 Å². The van der Waals surface area contributed by atoms with Crippen LogP contribution in [0.4, 0.5) is 0 Å². The molecule has 4 heteroatoms. The molecule has 3 nitrogen and oxygen atoms in total. The fourth-order valence-electron chi connectivity index (χ4n) is 1.64. The van der Waals surface area contributed by atoms with E-state index in [0.29, 0.717) is 18.4 Å². The summed E-state index contributed by atoms with van der Waals surface area (Å²) in [5.41, 5.74) is 8.22. The van der Waals surface area contributed by atoms with Crippen LogP contribution in [0.5, 0.6) is 0 Å². The molecule has 100 valence electrons. The number of hydrogen-bond acceptors (Lipinski definition) is 3. The Morgan fingerprint density at radius 3 is 2.58 bits per heavy atom. The molecule has 0 radical (unpaired) electrons. The number of oxime groups is 1. The summed E-state index contributed by atoms with van der Waals surface area (Å²) in [5.74, 6) is 0.969. The average molecular weight is 274 g/mol. The molecule has 0 amide bonds. The first kappa shape index (κ1) is 13.6. The molecule has 1 aromatic carbocycles. The lowest BCUT2D eigenvalue weighted by molar-refractivity contribution is 0.130. The van der Waals surface area contributed by atoms with Gasteiger partial charge in [0.05, 0.1) is 4.88 Å². The second kappa shape index (κ2) is 6.38. The van der Waals surface area contributed by atoms with Crippen molar-refractivity contribution in [3.05, 3.63) is 57.8 Å². The van der Waals surface area contributed by atoms with Crippen LogP contribution in [0.25, 0.3) is 0 Å². The van der Waals surface area contributed by atoms with Crippen LogP contribution in [0, 0.1) is 0 Å². The molecule has 0 unspecified atom stereocenters. The van der Waals surface area contributed by atoms with Gasteiger partial charge in [-0.25, -0.2) is 0 Å². The Bertz CT molecular complexity index is 530. The van der Waals surface area contributed by atoms with Crippen molar-refractivity contribution in [1.29, 1.82) is 0 Å². The van der Waals surface area contributed by atoms with Gasteiger partial charge in [0, 0.05) is 0 Å². The van der Waals surface area contributed by atoms with Gasteiger partial charge in [-0.2, -0.15) is 0 Å². The van der Waals surface area contributed by atoms with Gasteiger partial charge in [0.2, 0.25) is 0 Å². The van der Waals surface area contributed by atoms with E-state index >= 15 is 0 Å². The van der Waals surface area contributed by atoms with E-state index in [-0.39, 0.29) is 0 Å². The SMILES string of the molecule is CC(C)c1ccc(CO/N=C(\N)c2cccs2)cc1. The minimum atomic E-state index is 0.425. The maximum Gasteiger partial charge on any atom is 0.180 e. The van der Waals surface area contributed by atoms with E-state index in [1.165, 1.54) is 5.56 Å². The van der Waals surface area contributed by atoms with Crippen LogP contribution in [-0.4, -0.2) is 5.84 Å². The van der Waals surface area contributed by atoms with Crippen molar-refractivity contribution >= 4 is 17.2 Å². The van der Waals surface area contributed by atoms with Gasteiger partial charge in [0.25, 0.3) is 0 Å². The number of nitrogens with two attached hydrogens (primary N) is 1. The van der Waals surface area contributed by atoms with E-state index in [9.17, 15) is 0 Å². The number of rotatable bonds is 5. The van der Waals surface area contributed by atoms with Crippen molar-refractivity contribution in [3.8, 4) is 0 Å². The summed E-state index contributed by atoms with van der Waals surface area (Å²) in [7, 11) is 0. The molecule has 0 fully saturated rings. The number of benzene rings is 1. The fraction of sp³-hybridized carbons (Fsp3) is 0.267. The predicted molar refractivity (Wildman–Crippen MR) is 80.4 cm³/mol. The zero-order valence-electron chi connectivity index (χ0n) is 11.2. The lowest BCUT2D eigenvalue weighted by atomic mass is 10.0. The number of thiophene rings is 1. The zero-order valence-corrected chi connectivity index (χ0v) is 12.0. The van der Waals surface area contributed by atoms with Crippen molar-refractivity contribution < 1.29 is 4.84 Å². The van der Waals surface area contributed by atoms with Crippen LogP contribution in [0.1, 0.15) is 35.8 Å². The molecule has 0 saturated carbocycles. The maximum atomic E-state index is 5.80. The highest BCUT2D eigenvalue weighted by Gasteiger charge is 2.01. The normalized spacial score (nSPS) is 11.8. The van der Waals surface area contributed by atoms with E-state index in [1.54, 1.807) is 11.3 Å². The standard InChI is InChI=1S/C15H18N2OS/c1-11(2)13-7-5-12(6-8-13)10-18-17-15(16)14-4-3-9-19-14/h3-9,11H,10H2,1-2H3,(H2,16,17). The van der Waals surface area contributed by atoms with Gasteiger partial charge >= 0.3 is 0 Å². The molecule has 0 spiro atoms. The summed E-state index contributed by atoms with van der Waals surface area (Å²) >= 11 is 1.55. The van der Waals surface area contributed by atoms with Gasteiger partial charge in [-0.05, 0) is 28.5 Å². The maximum absolute atomic E-state index is 5.80. The van der Waals surface area contributed by atoms with Gasteiger partial charge in [0.15, 0.2) is 5.84 Å². The van der Waals surface area contributed by atoms with Crippen LogP contribution in [0.3, 0.4) is 0 Å². The van der Waals surface area contributed by atoms with Crippen LogP contribution in [0.2, 0.25) is 0 Å². The first-order valence-electron chi connectivity index (χ1n) is 6.25. The van der Waals surface area contributed by atoms with Crippen molar-refractivity contribution in [2.45, 2.75) is 26.4 Å². The number of amidine groups is 1. The molecular formula is C15H18N2OS. The highest BCUT2D eigenvalue weighted by atomic mass is 32.1. The third-order valence-corrected chi connectivity index (χ3v) is 3.71. The molecule has 0 atom stereocenters. The van der Waals surface area contributed by atoms with Crippen molar-refractivity contribution in [2.24, 2.45) is 10.9 Å². The lowest BCUT2D eigenvalue weighted by Crippen LogP contribution is -2.11. The summed E-state index contributed by atoms with van der Waals surface area (Å²) < 4.78 is 0. The molecule has 1 heterocycles. The monoisotopic (exact) mass is 274 g/mol. The van der Waals surface area contributed by atoms with Crippen LogP contribution >= 0.6 is 11.3 Å². The average Bonchev–Trinajstić information content (AvgIpc) is 2.93. The molecule has 2 rings (SSSR count).